The van der Waals surface area contributed by atoms with Gasteiger partial charge in [-0.3, -0.25) is 4.79 Å². The van der Waals surface area contributed by atoms with Crippen LogP contribution in [0.1, 0.15) is 32.6 Å². The number of amides is 1. The zero-order chi connectivity index (χ0) is 17.9. The van der Waals surface area contributed by atoms with E-state index in [1.165, 1.54) is 11.5 Å². The molecule has 0 N–H and O–H groups in total. The summed E-state index contributed by atoms with van der Waals surface area (Å²) in [4.78, 5) is 21.9. The molecule has 4 rings (SSSR count). The average molecular weight is 371 g/mol. The molecule has 0 radical (unpaired) electrons. The van der Waals surface area contributed by atoms with Crippen molar-refractivity contribution in [2.24, 2.45) is 11.8 Å². The van der Waals surface area contributed by atoms with E-state index < -0.39 is 0 Å². The number of likely N-dealkylation sites (tertiary alicyclic amines) is 1. The smallest absolute Gasteiger partial charge is 0.225 e. The van der Waals surface area contributed by atoms with Crippen LogP contribution in [-0.4, -0.2) is 46.3 Å². The van der Waals surface area contributed by atoms with Gasteiger partial charge in [0.05, 0.1) is 0 Å². The van der Waals surface area contributed by atoms with Gasteiger partial charge in [0.1, 0.15) is 0 Å². The second kappa shape index (κ2) is 7.74. The molecule has 2 aliphatic rings. The number of piperidine rings is 2. The maximum absolute atomic E-state index is 12.8. The van der Waals surface area contributed by atoms with Gasteiger partial charge >= 0.3 is 0 Å². The van der Waals surface area contributed by atoms with Crippen molar-refractivity contribution in [3.63, 3.8) is 0 Å². The van der Waals surface area contributed by atoms with E-state index in [2.05, 4.69) is 21.1 Å². The van der Waals surface area contributed by atoms with Gasteiger partial charge in [-0.25, -0.2) is 0 Å². The summed E-state index contributed by atoms with van der Waals surface area (Å²) in [5, 5.41) is 0.974. The molecule has 0 atom stereocenters. The second-order valence-electron chi connectivity index (χ2n) is 7.54. The zero-order valence-corrected chi connectivity index (χ0v) is 16.1. The van der Waals surface area contributed by atoms with Crippen LogP contribution in [0, 0.1) is 11.8 Å². The van der Waals surface area contributed by atoms with E-state index in [1.807, 2.05) is 30.3 Å². The van der Waals surface area contributed by atoms with Crippen molar-refractivity contribution < 1.29 is 4.79 Å². The average Bonchev–Trinajstić information content (AvgIpc) is 3.19. The maximum Gasteiger partial charge on any atom is 0.225 e. The van der Waals surface area contributed by atoms with Crippen molar-refractivity contribution >= 4 is 22.6 Å². The van der Waals surface area contributed by atoms with E-state index in [-0.39, 0.29) is 5.92 Å². The molecule has 5 nitrogen and oxygen atoms in total. The minimum Gasteiger partial charge on any atom is -0.347 e. The van der Waals surface area contributed by atoms with E-state index in [4.69, 9.17) is 4.98 Å². The van der Waals surface area contributed by atoms with Crippen LogP contribution in [0.5, 0.6) is 0 Å². The third kappa shape index (κ3) is 3.75. The second-order valence-corrected chi connectivity index (χ2v) is 8.27. The number of benzene rings is 1. The number of aromatic nitrogens is 2. The highest BCUT2D eigenvalue weighted by molar-refractivity contribution is 7.09. The van der Waals surface area contributed by atoms with Gasteiger partial charge in [0.2, 0.25) is 11.0 Å². The van der Waals surface area contributed by atoms with Crippen molar-refractivity contribution in [3.8, 4) is 11.4 Å². The highest BCUT2D eigenvalue weighted by Gasteiger charge is 2.31. The molecule has 0 unspecified atom stereocenters. The quantitative estimate of drug-likeness (QED) is 0.827. The Hall–Kier alpha value is -1.95. The standard InChI is InChI=1S/C20H26N4OS/c1-15-7-11-23(12-8-15)19(25)17-9-13-24(14-10-17)20-21-18(22-26-20)16-5-3-2-4-6-16/h2-6,15,17H,7-14H2,1H3. The summed E-state index contributed by atoms with van der Waals surface area (Å²) < 4.78 is 4.51. The lowest BCUT2D eigenvalue weighted by Gasteiger charge is -2.36. The normalized spacial score (nSPS) is 19.7. The third-order valence-corrected chi connectivity index (χ3v) is 6.43. The van der Waals surface area contributed by atoms with Crippen molar-refractivity contribution in [1.29, 1.82) is 0 Å². The Morgan fingerprint density at radius 2 is 1.73 bits per heavy atom. The minimum atomic E-state index is 0.182. The van der Waals surface area contributed by atoms with Gasteiger partial charge in [-0.15, -0.1) is 0 Å². The number of carbonyl (C=O) groups excluding carboxylic acids is 1. The molecule has 0 bridgehead atoms. The molecule has 1 aromatic carbocycles. The molecule has 1 aromatic heterocycles. The number of carbonyl (C=O) groups is 1. The summed E-state index contributed by atoms with van der Waals surface area (Å²) in [7, 11) is 0. The van der Waals surface area contributed by atoms with Crippen LogP contribution in [0.4, 0.5) is 5.13 Å². The zero-order valence-electron chi connectivity index (χ0n) is 15.3. The Kier molecular flexibility index (Phi) is 5.20. The van der Waals surface area contributed by atoms with Crippen LogP contribution < -0.4 is 4.90 Å². The Balaban J connectivity index is 1.34. The molecule has 0 aliphatic carbocycles. The summed E-state index contributed by atoms with van der Waals surface area (Å²) in [6.07, 6.45) is 4.14. The van der Waals surface area contributed by atoms with E-state index in [9.17, 15) is 4.79 Å². The molecular formula is C20H26N4OS. The van der Waals surface area contributed by atoms with Crippen LogP contribution in [-0.2, 0) is 4.79 Å². The van der Waals surface area contributed by atoms with Gasteiger partial charge in [-0.2, -0.15) is 9.36 Å². The first-order valence-electron chi connectivity index (χ1n) is 9.63. The Morgan fingerprint density at radius 3 is 2.42 bits per heavy atom. The summed E-state index contributed by atoms with van der Waals surface area (Å²) >= 11 is 1.46. The lowest BCUT2D eigenvalue weighted by Crippen LogP contribution is -2.45. The number of hydrogen-bond donors (Lipinski definition) is 0. The van der Waals surface area contributed by atoms with Crippen LogP contribution in [0.25, 0.3) is 11.4 Å². The van der Waals surface area contributed by atoms with Crippen LogP contribution >= 0.6 is 11.5 Å². The van der Waals surface area contributed by atoms with Gasteiger partial charge < -0.3 is 9.80 Å². The molecule has 2 fully saturated rings. The van der Waals surface area contributed by atoms with Gasteiger partial charge in [0.25, 0.3) is 0 Å². The van der Waals surface area contributed by atoms with Crippen molar-refractivity contribution in [1.82, 2.24) is 14.3 Å². The molecule has 3 heterocycles. The summed E-state index contributed by atoms with van der Waals surface area (Å²) in [5.74, 6) is 2.11. The van der Waals surface area contributed by atoms with Crippen LogP contribution in [0.15, 0.2) is 30.3 Å². The highest BCUT2D eigenvalue weighted by atomic mass is 32.1. The molecule has 138 valence electrons. The molecule has 6 heteroatoms. The van der Waals surface area contributed by atoms with Crippen molar-refractivity contribution in [3.05, 3.63) is 30.3 Å². The predicted molar refractivity (Wildman–Crippen MR) is 105 cm³/mol. The van der Waals surface area contributed by atoms with Crippen molar-refractivity contribution in [2.45, 2.75) is 32.6 Å². The van der Waals surface area contributed by atoms with Gasteiger partial charge in [-0.05, 0) is 31.6 Å². The summed E-state index contributed by atoms with van der Waals surface area (Å²) in [6.45, 7) is 5.95. The van der Waals surface area contributed by atoms with E-state index in [0.717, 1.165) is 74.3 Å². The Morgan fingerprint density at radius 1 is 1.04 bits per heavy atom. The van der Waals surface area contributed by atoms with E-state index in [1.54, 1.807) is 0 Å². The Labute approximate surface area is 159 Å². The van der Waals surface area contributed by atoms with Crippen LogP contribution in [0.2, 0.25) is 0 Å². The lowest BCUT2D eigenvalue weighted by atomic mass is 9.93. The summed E-state index contributed by atoms with van der Waals surface area (Å²) in [6, 6.07) is 10.1. The molecule has 0 saturated carbocycles. The molecule has 2 aliphatic heterocycles. The highest BCUT2D eigenvalue weighted by Crippen LogP contribution is 2.29. The van der Waals surface area contributed by atoms with Gasteiger partial charge in [0, 0.05) is 49.2 Å². The monoisotopic (exact) mass is 370 g/mol. The largest absolute Gasteiger partial charge is 0.347 e. The van der Waals surface area contributed by atoms with Gasteiger partial charge in [0.15, 0.2) is 5.82 Å². The molecule has 1 amide bonds. The molecule has 0 spiro atoms. The number of anilines is 1. The first-order valence-corrected chi connectivity index (χ1v) is 10.4. The van der Waals surface area contributed by atoms with Crippen molar-refractivity contribution in [2.75, 3.05) is 31.1 Å². The topological polar surface area (TPSA) is 49.3 Å². The van der Waals surface area contributed by atoms with E-state index >= 15 is 0 Å². The maximum atomic E-state index is 12.8. The molecule has 26 heavy (non-hydrogen) atoms. The first-order chi connectivity index (χ1) is 12.7. The molecule has 2 saturated heterocycles. The van der Waals surface area contributed by atoms with Gasteiger partial charge in [-0.1, -0.05) is 37.3 Å². The summed E-state index contributed by atoms with van der Waals surface area (Å²) in [5.41, 5.74) is 1.05. The SMILES string of the molecule is CC1CCN(C(=O)C2CCN(c3nc(-c4ccccc4)ns3)CC2)CC1. The van der Waals surface area contributed by atoms with Crippen LogP contribution in [0.3, 0.4) is 0 Å². The number of rotatable bonds is 3. The van der Waals surface area contributed by atoms with E-state index in [0.29, 0.717) is 5.91 Å². The fraction of sp³-hybridized carbons (Fsp3) is 0.550. The molecular weight excluding hydrogens is 344 g/mol. The molecule has 2 aromatic rings. The number of nitrogens with zero attached hydrogens (tertiary/aromatic N) is 4. The third-order valence-electron chi connectivity index (χ3n) is 5.66. The lowest BCUT2D eigenvalue weighted by molar-refractivity contribution is -0.137. The Bertz CT molecular complexity index is 731. The predicted octanol–water partition coefficient (Wildman–Crippen LogP) is 3.68. The first kappa shape index (κ1) is 17.5. The fourth-order valence-electron chi connectivity index (χ4n) is 3.85. The fourth-order valence-corrected chi connectivity index (χ4v) is 4.59. The minimum absolute atomic E-state index is 0.182. The number of hydrogen-bond acceptors (Lipinski definition) is 5.